The molecule has 0 aromatic carbocycles. The van der Waals surface area contributed by atoms with Crippen molar-refractivity contribution in [3.8, 4) is 0 Å². The van der Waals surface area contributed by atoms with Gasteiger partial charge in [-0.15, -0.1) is 0 Å². The average molecular weight is 382 g/mol. The van der Waals surface area contributed by atoms with Crippen LogP contribution in [0.4, 0.5) is 4.79 Å². The van der Waals surface area contributed by atoms with Gasteiger partial charge in [-0.3, -0.25) is 9.69 Å². The minimum absolute atomic E-state index is 0.0975. The Balaban J connectivity index is 1.57. The van der Waals surface area contributed by atoms with Crippen molar-refractivity contribution in [1.29, 1.82) is 0 Å². The zero-order chi connectivity index (χ0) is 19.3. The van der Waals surface area contributed by atoms with E-state index in [1.54, 1.807) is 4.90 Å². The van der Waals surface area contributed by atoms with Crippen LogP contribution in [-0.4, -0.2) is 79.4 Å². The van der Waals surface area contributed by atoms with Crippen molar-refractivity contribution in [2.45, 2.75) is 45.4 Å². The van der Waals surface area contributed by atoms with E-state index in [4.69, 9.17) is 4.74 Å². The van der Waals surface area contributed by atoms with Crippen molar-refractivity contribution in [1.82, 2.24) is 15.1 Å². The summed E-state index contributed by atoms with van der Waals surface area (Å²) in [5.41, 5.74) is 0.138. The van der Waals surface area contributed by atoms with Crippen molar-refractivity contribution >= 4 is 12.0 Å². The van der Waals surface area contributed by atoms with E-state index in [1.807, 2.05) is 6.92 Å². The van der Waals surface area contributed by atoms with E-state index in [0.29, 0.717) is 26.1 Å². The van der Waals surface area contributed by atoms with E-state index >= 15 is 0 Å². The lowest BCUT2D eigenvalue weighted by molar-refractivity contribution is -0.143. The number of carboxylic acids is 1. The Hall–Kier alpha value is -1.34. The van der Waals surface area contributed by atoms with Crippen LogP contribution < -0.4 is 5.32 Å². The molecule has 0 spiro atoms. The largest absolute Gasteiger partial charge is 0.481 e. The zero-order valence-corrected chi connectivity index (χ0v) is 16.6. The fourth-order valence-electron chi connectivity index (χ4n) is 5.00. The van der Waals surface area contributed by atoms with Gasteiger partial charge in [-0.05, 0) is 25.2 Å². The van der Waals surface area contributed by atoms with Gasteiger partial charge in [-0.25, -0.2) is 4.79 Å². The molecular formula is C20H35N3O4. The summed E-state index contributed by atoms with van der Waals surface area (Å²) in [7, 11) is 0. The molecule has 1 aliphatic carbocycles. The van der Waals surface area contributed by atoms with Crippen molar-refractivity contribution in [3.05, 3.63) is 0 Å². The number of amides is 2. The number of hydrogen-bond donors (Lipinski definition) is 2. The second kappa shape index (κ2) is 9.24. The van der Waals surface area contributed by atoms with E-state index < -0.39 is 11.9 Å². The van der Waals surface area contributed by atoms with Gasteiger partial charge in [0.15, 0.2) is 0 Å². The molecule has 2 atom stereocenters. The number of likely N-dealkylation sites (tertiary alicyclic amines) is 1. The molecule has 0 aromatic heterocycles. The molecule has 2 N–H and O–H groups in total. The third-order valence-corrected chi connectivity index (χ3v) is 6.49. The Bertz CT molecular complexity index is 515. The number of hydrogen-bond acceptors (Lipinski definition) is 4. The molecule has 154 valence electrons. The number of urea groups is 1. The lowest BCUT2D eigenvalue weighted by atomic mass is 9.73. The Kier molecular flexibility index (Phi) is 6.98. The molecular weight excluding hydrogens is 346 g/mol. The first-order valence-corrected chi connectivity index (χ1v) is 10.5. The topological polar surface area (TPSA) is 82.1 Å². The van der Waals surface area contributed by atoms with Gasteiger partial charge in [-0.2, -0.15) is 0 Å². The van der Waals surface area contributed by atoms with Gasteiger partial charge in [0, 0.05) is 44.7 Å². The summed E-state index contributed by atoms with van der Waals surface area (Å²) < 4.78 is 5.47. The van der Waals surface area contributed by atoms with Gasteiger partial charge >= 0.3 is 12.0 Å². The highest BCUT2D eigenvalue weighted by Crippen LogP contribution is 2.37. The number of nitrogens with one attached hydrogen (secondary N) is 1. The normalized spacial score (nSPS) is 29.3. The maximum Gasteiger partial charge on any atom is 0.317 e. The van der Waals surface area contributed by atoms with Crippen molar-refractivity contribution in [2.75, 3.05) is 52.5 Å². The van der Waals surface area contributed by atoms with Gasteiger partial charge in [0.25, 0.3) is 0 Å². The number of aliphatic carboxylic acids is 1. The number of carbonyl (C=O) groups is 2. The van der Waals surface area contributed by atoms with Crippen molar-refractivity contribution in [2.24, 2.45) is 17.3 Å². The SMILES string of the molecule is CC1CC(C(=O)O)CN(C(=O)NCC2(CN3CCOCC3)CCCCC2)C1. The Morgan fingerprint density at radius 2 is 1.85 bits per heavy atom. The molecule has 0 radical (unpaired) electrons. The second-order valence-electron chi connectivity index (χ2n) is 8.89. The summed E-state index contributed by atoms with van der Waals surface area (Å²) in [5.74, 6) is -1.02. The highest BCUT2D eigenvalue weighted by atomic mass is 16.5. The third-order valence-electron chi connectivity index (χ3n) is 6.49. The van der Waals surface area contributed by atoms with Crippen molar-refractivity contribution < 1.29 is 19.4 Å². The van der Waals surface area contributed by atoms with Crippen LogP contribution >= 0.6 is 0 Å². The average Bonchev–Trinajstić information content (AvgIpc) is 2.67. The molecule has 2 unspecified atom stereocenters. The fourth-order valence-corrected chi connectivity index (χ4v) is 5.00. The van der Waals surface area contributed by atoms with Crippen LogP contribution in [-0.2, 0) is 9.53 Å². The predicted octanol–water partition coefficient (Wildman–Crippen LogP) is 2.02. The summed E-state index contributed by atoms with van der Waals surface area (Å²) in [4.78, 5) is 28.3. The summed E-state index contributed by atoms with van der Waals surface area (Å²) in [6.07, 6.45) is 6.69. The van der Waals surface area contributed by atoms with Gasteiger partial charge in [0.1, 0.15) is 0 Å². The summed E-state index contributed by atoms with van der Waals surface area (Å²) in [5, 5.41) is 12.5. The molecule has 0 bridgehead atoms. The lowest BCUT2D eigenvalue weighted by Crippen LogP contribution is -2.53. The zero-order valence-electron chi connectivity index (χ0n) is 16.6. The smallest absolute Gasteiger partial charge is 0.317 e. The van der Waals surface area contributed by atoms with Gasteiger partial charge < -0.3 is 20.1 Å². The lowest BCUT2D eigenvalue weighted by Gasteiger charge is -2.43. The molecule has 3 fully saturated rings. The number of rotatable bonds is 5. The monoisotopic (exact) mass is 381 g/mol. The second-order valence-corrected chi connectivity index (χ2v) is 8.89. The molecule has 3 rings (SSSR count). The number of morpholine rings is 1. The molecule has 1 saturated carbocycles. The first-order chi connectivity index (χ1) is 13.0. The highest BCUT2D eigenvalue weighted by molar-refractivity contribution is 5.76. The predicted molar refractivity (Wildman–Crippen MR) is 103 cm³/mol. The van der Waals surface area contributed by atoms with E-state index in [-0.39, 0.29) is 17.4 Å². The number of carboxylic acid groups (broad SMARTS) is 1. The third kappa shape index (κ3) is 5.57. The minimum Gasteiger partial charge on any atom is -0.481 e. The van der Waals surface area contributed by atoms with Crippen LogP contribution in [0.1, 0.15) is 45.4 Å². The number of nitrogens with zero attached hydrogens (tertiary/aromatic N) is 2. The molecule has 27 heavy (non-hydrogen) atoms. The van der Waals surface area contributed by atoms with Crippen LogP contribution in [0.3, 0.4) is 0 Å². The van der Waals surface area contributed by atoms with E-state index in [1.165, 1.54) is 19.3 Å². The van der Waals surface area contributed by atoms with E-state index in [0.717, 1.165) is 45.7 Å². The molecule has 2 saturated heterocycles. The Morgan fingerprint density at radius 1 is 1.15 bits per heavy atom. The molecule has 2 amide bonds. The molecule has 0 aromatic rings. The Labute approximate surface area is 162 Å². The molecule has 3 aliphatic rings. The molecule has 7 nitrogen and oxygen atoms in total. The minimum atomic E-state index is -0.796. The van der Waals surface area contributed by atoms with Crippen LogP contribution in [0.25, 0.3) is 0 Å². The van der Waals surface area contributed by atoms with Crippen LogP contribution in [0.15, 0.2) is 0 Å². The first-order valence-electron chi connectivity index (χ1n) is 10.5. The summed E-state index contributed by atoms with van der Waals surface area (Å²) >= 11 is 0. The van der Waals surface area contributed by atoms with Crippen LogP contribution in [0.2, 0.25) is 0 Å². The van der Waals surface area contributed by atoms with Crippen LogP contribution in [0.5, 0.6) is 0 Å². The van der Waals surface area contributed by atoms with Crippen LogP contribution in [0, 0.1) is 17.3 Å². The van der Waals surface area contributed by atoms with Gasteiger partial charge in [0.2, 0.25) is 0 Å². The maximum atomic E-state index is 12.8. The highest BCUT2D eigenvalue weighted by Gasteiger charge is 2.36. The fraction of sp³-hybridized carbons (Fsp3) is 0.900. The van der Waals surface area contributed by atoms with Gasteiger partial charge in [-0.1, -0.05) is 26.2 Å². The molecule has 7 heteroatoms. The maximum absolute atomic E-state index is 12.8. The summed E-state index contributed by atoms with van der Waals surface area (Å²) in [6.45, 7) is 8.23. The first kappa shape index (κ1) is 20.4. The summed E-state index contributed by atoms with van der Waals surface area (Å²) in [6, 6.07) is -0.0975. The molecule has 2 aliphatic heterocycles. The number of piperidine rings is 1. The Morgan fingerprint density at radius 3 is 2.52 bits per heavy atom. The van der Waals surface area contributed by atoms with Crippen molar-refractivity contribution in [3.63, 3.8) is 0 Å². The van der Waals surface area contributed by atoms with E-state index in [2.05, 4.69) is 10.2 Å². The molecule has 2 heterocycles. The van der Waals surface area contributed by atoms with Gasteiger partial charge in [0.05, 0.1) is 19.1 Å². The number of carbonyl (C=O) groups excluding carboxylic acids is 1. The quantitative estimate of drug-likeness (QED) is 0.761. The van der Waals surface area contributed by atoms with E-state index in [9.17, 15) is 14.7 Å². The standard InChI is InChI=1S/C20H35N3O4/c1-16-11-17(18(24)25)13-23(12-16)19(26)21-14-20(5-3-2-4-6-20)15-22-7-9-27-10-8-22/h16-17H,2-15H2,1H3,(H,21,26)(H,24,25). The number of ether oxygens (including phenoxy) is 1.